The average molecular weight is 415 g/mol. The van der Waals surface area contributed by atoms with Crippen molar-refractivity contribution in [1.29, 1.82) is 0 Å². The lowest BCUT2D eigenvalue weighted by Gasteiger charge is -2.21. The fraction of sp³-hybridized carbons (Fsp3) is 0.0833. The van der Waals surface area contributed by atoms with Crippen molar-refractivity contribution >= 4 is 29.6 Å². The highest BCUT2D eigenvalue weighted by molar-refractivity contribution is 6.23. The Hall–Kier alpha value is -4.26. The Morgan fingerprint density at radius 2 is 1.58 bits per heavy atom. The molecule has 0 fully saturated rings. The first kappa shape index (κ1) is 21.4. The van der Waals surface area contributed by atoms with E-state index in [1.165, 1.54) is 12.3 Å². The van der Waals surface area contributed by atoms with Crippen LogP contribution >= 0.6 is 0 Å². The van der Waals surface area contributed by atoms with Gasteiger partial charge in [0.05, 0.1) is 11.9 Å². The highest BCUT2D eigenvalue weighted by Crippen LogP contribution is 2.19. The Bertz CT molecular complexity index is 1110. The minimum atomic E-state index is -0.687. The van der Waals surface area contributed by atoms with Gasteiger partial charge in [0, 0.05) is 11.1 Å². The molecular weight excluding hydrogens is 394 g/mol. The summed E-state index contributed by atoms with van der Waals surface area (Å²) in [6.07, 6.45) is 0.690. The molecule has 0 radical (unpaired) electrons. The van der Waals surface area contributed by atoms with Crippen LogP contribution in [-0.2, 0) is 9.59 Å². The Morgan fingerprint density at radius 1 is 0.935 bits per heavy atom. The van der Waals surface area contributed by atoms with Gasteiger partial charge in [-0.2, -0.15) is 5.10 Å². The lowest BCUT2D eigenvalue weighted by molar-refractivity contribution is -0.127. The van der Waals surface area contributed by atoms with Gasteiger partial charge in [0.1, 0.15) is 12.2 Å². The number of para-hydroxylation sites is 1. The largest absolute Gasteiger partial charge is 0.507 e. The highest BCUT2D eigenvalue weighted by Gasteiger charge is 2.26. The van der Waals surface area contributed by atoms with Crippen molar-refractivity contribution in [2.45, 2.75) is 13.3 Å². The quantitative estimate of drug-likeness (QED) is 0.366. The first-order valence-corrected chi connectivity index (χ1v) is 9.54. The number of hydrazone groups is 1. The number of benzene rings is 3. The third kappa shape index (κ3) is 5.63. The van der Waals surface area contributed by atoms with E-state index in [1.807, 2.05) is 6.92 Å². The predicted octanol–water partition coefficient (Wildman–Crippen LogP) is 3.41. The molecule has 156 valence electrons. The van der Waals surface area contributed by atoms with Gasteiger partial charge in [0.15, 0.2) is 0 Å². The van der Waals surface area contributed by atoms with Crippen LogP contribution in [0.1, 0.15) is 27.9 Å². The molecule has 0 atom stereocenters. The molecule has 3 aromatic rings. The maximum atomic E-state index is 13.0. The van der Waals surface area contributed by atoms with Gasteiger partial charge in [-0.1, -0.05) is 48.0 Å². The number of rotatable bonds is 6. The molecule has 0 aliphatic heterocycles. The van der Waals surface area contributed by atoms with Crippen LogP contribution in [0.5, 0.6) is 5.75 Å². The number of nitrogens with one attached hydrogen (secondary N) is 1. The van der Waals surface area contributed by atoms with E-state index in [0.717, 1.165) is 10.5 Å². The molecule has 0 bridgehead atoms. The minimum Gasteiger partial charge on any atom is -0.507 e. The fourth-order valence-corrected chi connectivity index (χ4v) is 2.80. The van der Waals surface area contributed by atoms with Crippen molar-refractivity contribution in [1.82, 2.24) is 5.43 Å². The van der Waals surface area contributed by atoms with E-state index in [-0.39, 0.29) is 5.75 Å². The normalized spacial score (nSPS) is 10.6. The molecule has 0 aliphatic rings. The Kier molecular flexibility index (Phi) is 6.90. The van der Waals surface area contributed by atoms with Crippen LogP contribution < -0.4 is 10.3 Å². The number of anilines is 1. The van der Waals surface area contributed by atoms with Crippen molar-refractivity contribution in [2.24, 2.45) is 5.10 Å². The lowest BCUT2D eigenvalue weighted by Crippen LogP contribution is -2.39. The minimum absolute atomic E-state index is 0.00980. The summed E-state index contributed by atoms with van der Waals surface area (Å²) in [7, 11) is 0. The highest BCUT2D eigenvalue weighted by atomic mass is 16.3. The summed E-state index contributed by atoms with van der Waals surface area (Å²) in [5.41, 5.74) is 4.33. The third-order valence-electron chi connectivity index (χ3n) is 4.41. The molecule has 7 nitrogen and oxygen atoms in total. The average Bonchev–Trinajstić information content (AvgIpc) is 2.77. The van der Waals surface area contributed by atoms with Crippen LogP contribution in [0.15, 0.2) is 84.0 Å². The second kappa shape index (κ2) is 9.98. The van der Waals surface area contributed by atoms with Crippen molar-refractivity contribution in [3.05, 3.63) is 95.6 Å². The number of amides is 3. The van der Waals surface area contributed by atoms with E-state index in [2.05, 4.69) is 10.5 Å². The van der Waals surface area contributed by atoms with E-state index in [1.54, 1.807) is 72.8 Å². The second-order valence-corrected chi connectivity index (χ2v) is 6.76. The molecule has 3 rings (SSSR count). The van der Waals surface area contributed by atoms with Gasteiger partial charge in [0.2, 0.25) is 11.8 Å². The molecule has 0 saturated heterocycles. The first-order valence-electron chi connectivity index (χ1n) is 9.54. The van der Waals surface area contributed by atoms with Crippen LogP contribution in [0, 0.1) is 6.92 Å². The Morgan fingerprint density at radius 3 is 2.26 bits per heavy atom. The van der Waals surface area contributed by atoms with Crippen LogP contribution in [0.4, 0.5) is 5.69 Å². The van der Waals surface area contributed by atoms with Gasteiger partial charge in [-0.3, -0.25) is 14.4 Å². The Balaban J connectivity index is 1.75. The summed E-state index contributed by atoms with van der Waals surface area (Å²) in [4.78, 5) is 39.1. The van der Waals surface area contributed by atoms with Gasteiger partial charge in [-0.25, -0.2) is 10.3 Å². The summed E-state index contributed by atoms with van der Waals surface area (Å²) in [5, 5.41) is 13.5. The number of hydrogen-bond acceptors (Lipinski definition) is 5. The maximum absolute atomic E-state index is 13.0. The summed E-state index contributed by atoms with van der Waals surface area (Å²) in [5.74, 6) is -1.89. The van der Waals surface area contributed by atoms with E-state index >= 15 is 0 Å². The second-order valence-electron chi connectivity index (χ2n) is 6.76. The SMILES string of the molecule is Cc1ccc(N(C(=O)CC(=O)N/N=C/c2ccccc2O)C(=O)c2ccccc2)cc1. The zero-order valence-corrected chi connectivity index (χ0v) is 16.9. The number of nitrogens with zero attached hydrogens (tertiary/aromatic N) is 2. The van der Waals surface area contributed by atoms with Crippen molar-refractivity contribution in [3.8, 4) is 5.75 Å². The molecule has 0 aromatic heterocycles. The number of aryl methyl sites for hydroxylation is 1. The van der Waals surface area contributed by atoms with Crippen molar-refractivity contribution in [3.63, 3.8) is 0 Å². The molecule has 7 heteroatoms. The number of imide groups is 1. The molecule has 3 amide bonds. The van der Waals surface area contributed by atoms with Gasteiger partial charge in [-0.15, -0.1) is 0 Å². The molecule has 0 heterocycles. The van der Waals surface area contributed by atoms with Crippen LogP contribution in [-0.4, -0.2) is 29.0 Å². The van der Waals surface area contributed by atoms with Crippen molar-refractivity contribution in [2.75, 3.05) is 4.90 Å². The first-order chi connectivity index (χ1) is 15.0. The van der Waals surface area contributed by atoms with Crippen molar-refractivity contribution < 1.29 is 19.5 Å². The Labute approximate surface area is 179 Å². The summed E-state index contributed by atoms with van der Waals surface area (Å²) >= 11 is 0. The van der Waals surface area contributed by atoms with E-state index < -0.39 is 24.1 Å². The molecule has 0 aliphatic carbocycles. The molecule has 0 saturated carbocycles. The van der Waals surface area contributed by atoms with E-state index in [0.29, 0.717) is 16.8 Å². The zero-order valence-electron chi connectivity index (χ0n) is 16.9. The van der Waals surface area contributed by atoms with Gasteiger partial charge in [-0.05, 0) is 43.3 Å². The number of phenolic OH excluding ortho intramolecular Hbond substituents is 1. The van der Waals surface area contributed by atoms with Gasteiger partial charge < -0.3 is 5.11 Å². The summed E-state index contributed by atoms with van der Waals surface area (Å²) in [6.45, 7) is 1.89. The van der Waals surface area contributed by atoms with Crippen LogP contribution in [0.3, 0.4) is 0 Å². The fourth-order valence-electron chi connectivity index (χ4n) is 2.80. The maximum Gasteiger partial charge on any atom is 0.265 e. The monoisotopic (exact) mass is 415 g/mol. The molecule has 2 N–H and O–H groups in total. The third-order valence-corrected chi connectivity index (χ3v) is 4.41. The summed E-state index contributed by atoms with van der Waals surface area (Å²) in [6, 6.07) is 21.7. The number of carbonyl (C=O) groups is 3. The standard InChI is InChI=1S/C24H21N3O4/c1-17-11-13-20(14-12-17)27(24(31)18-7-3-2-4-8-18)23(30)15-22(29)26-25-16-19-9-5-6-10-21(19)28/h2-14,16,28H,15H2,1H3,(H,26,29)/b25-16+. The number of carbonyl (C=O) groups excluding carboxylic acids is 3. The number of aromatic hydroxyl groups is 1. The van der Waals surface area contributed by atoms with Crippen LogP contribution in [0.25, 0.3) is 0 Å². The molecule has 0 spiro atoms. The zero-order chi connectivity index (χ0) is 22.2. The predicted molar refractivity (Wildman–Crippen MR) is 118 cm³/mol. The molecule has 31 heavy (non-hydrogen) atoms. The molecule has 3 aromatic carbocycles. The lowest BCUT2D eigenvalue weighted by atomic mass is 10.1. The molecular formula is C24H21N3O4. The number of hydrogen-bond donors (Lipinski definition) is 2. The van der Waals surface area contributed by atoms with Crippen LogP contribution in [0.2, 0.25) is 0 Å². The number of phenols is 1. The molecule has 0 unspecified atom stereocenters. The smallest absolute Gasteiger partial charge is 0.265 e. The van der Waals surface area contributed by atoms with Gasteiger partial charge in [0.25, 0.3) is 5.91 Å². The summed E-state index contributed by atoms with van der Waals surface area (Å²) < 4.78 is 0. The topological polar surface area (TPSA) is 99.1 Å². The van der Waals surface area contributed by atoms with Gasteiger partial charge >= 0.3 is 0 Å². The van der Waals surface area contributed by atoms with E-state index in [4.69, 9.17) is 0 Å². The van der Waals surface area contributed by atoms with E-state index in [9.17, 15) is 19.5 Å².